The second kappa shape index (κ2) is 6.47. The molecule has 2 aromatic carbocycles. The van der Waals surface area contributed by atoms with Gasteiger partial charge in [-0.05, 0) is 42.5 Å². The van der Waals surface area contributed by atoms with Crippen LogP contribution in [0, 0.1) is 5.92 Å². The molecule has 2 rings (SSSR count). The number of rotatable bonds is 5. The number of benzene rings is 2. The van der Waals surface area contributed by atoms with Crippen LogP contribution >= 0.6 is 0 Å². The molecule has 2 heteroatoms. The molecule has 0 fully saturated rings. The molecule has 0 saturated carbocycles. The predicted octanol–water partition coefficient (Wildman–Crippen LogP) is 4.76. The van der Waals surface area contributed by atoms with Gasteiger partial charge in [0.25, 0.3) is 0 Å². The fraction of sp³-hybridized carbons (Fsp3) is 0.333. The third-order valence-corrected chi connectivity index (χ3v) is 3.35. The van der Waals surface area contributed by atoms with Crippen LogP contribution in [-0.4, -0.2) is 5.11 Å². The number of phenols is 1. The Morgan fingerprint density at radius 1 is 1.00 bits per heavy atom. The van der Waals surface area contributed by atoms with Gasteiger partial charge in [-0.2, -0.15) is 0 Å². The molecule has 0 aliphatic heterocycles. The van der Waals surface area contributed by atoms with Crippen LogP contribution in [0.3, 0.4) is 0 Å². The zero-order valence-electron chi connectivity index (χ0n) is 12.4. The van der Waals surface area contributed by atoms with Crippen molar-refractivity contribution in [3.05, 3.63) is 59.7 Å². The highest BCUT2D eigenvalue weighted by Crippen LogP contribution is 2.22. The van der Waals surface area contributed by atoms with Crippen molar-refractivity contribution in [3.63, 3.8) is 0 Å². The normalized spacial score (nSPS) is 12.4. The van der Waals surface area contributed by atoms with Gasteiger partial charge < -0.3 is 10.4 Å². The van der Waals surface area contributed by atoms with E-state index in [-0.39, 0.29) is 11.8 Å². The van der Waals surface area contributed by atoms with E-state index in [1.165, 1.54) is 11.1 Å². The second-order valence-corrected chi connectivity index (χ2v) is 5.76. The summed E-state index contributed by atoms with van der Waals surface area (Å²) in [5.74, 6) is 0.971. The fourth-order valence-corrected chi connectivity index (χ4v) is 2.34. The van der Waals surface area contributed by atoms with Crippen molar-refractivity contribution in [2.24, 2.45) is 5.92 Å². The summed E-state index contributed by atoms with van der Waals surface area (Å²) in [4.78, 5) is 0. The van der Waals surface area contributed by atoms with Crippen LogP contribution in [0.2, 0.25) is 0 Å². The van der Waals surface area contributed by atoms with E-state index < -0.39 is 0 Å². The molecule has 1 unspecified atom stereocenters. The molecule has 0 amide bonds. The van der Waals surface area contributed by atoms with Gasteiger partial charge in [0.2, 0.25) is 0 Å². The van der Waals surface area contributed by atoms with Crippen molar-refractivity contribution in [2.45, 2.75) is 33.2 Å². The zero-order chi connectivity index (χ0) is 14.5. The molecule has 0 aliphatic carbocycles. The van der Waals surface area contributed by atoms with Gasteiger partial charge in [-0.15, -0.1) is 0 Å². The standard InChI is InChI=1S/C18H23NO/c1-13(2)11-15-7-9-16(10-8-15)14(3)19-17-5-4-6-18(20)12-17/h4-10,12-14,19-20H,11H2,1-3H3. The van der Waals surface area contributed by atoms with E-state index in [2.05, 4.69) is 50.4 Å². The summed E-state index contributed by atoms with van der Waals surface area (Å²) in [7, 11) is 0. The van der Waals surface area contributed by atoms with Crippen molar-refractivity contribution in [1.82, 2.24) is 0 Å². The molecule has 0 radical (unpaired) electrons. The molecular formula is C18H23NO. The molecule has 0 spiro atoms. The summed E-state index contributed by atoms with van der Waals surface area (Å²) in [6.45, 7) is 6.60. The Bertz CT molecular complexity index is 546. The van der Waals surface area contributed by atoms with Crippen molar-refractivity contribution in [1.29, 1.82) is 0 Å². The van der Waals surface area contributed by atoms with E-state index in [0.717, 1.165) is 12.1 Å². The van der Waals surface area contributed by atoms with Crippen LogP contribution in [-0.2, 0) is 6.42 Å². The van der Waals surface area contributed by atoms with Crippen LogP contribution < -0.4 is 5.32 Å². The first-order valence-electron chi connectivity index (χ1n) is 7.19. The van der Waals surface area contributed by atoms with E-state index >= 15 is 0 Å². The summed E-state index contributed by atoms with van der Waals surface area (Å²) in [5.41, 5.74) is 3.57. The summed E-state index contributed by atoms with van der Waals surface area (Å²) < 4.78 is 0. The Kier molecular flexibility index (Phi) is 4.67. The zero-order valence-corrected chi connectivity index (χ0v) is 12.4. The lowest BCUT2D eigenvalue weighted by molar-refractivity contribution is 0.475. The number of phenolic OH excluding ortho intramolecular Hbond substituents is 1. The van der Waals surface area contributed by atoms with Gasteiger partial charge in [0.15, 0.2) is 0 Å². The molecule has 0 aliphatic rings. The van der Waals surface area contributed by atoms with Crippen LogP contribution in [0.15, 0.2) is 48.5 Å². The molecule has 2 N–H and O–H groups in total. The van der Waals surface area contributed by atoms with Gasteiger partial charge in [-0.1, -0.05) is 44.2 Å². The van der Waals surface area contributed by atoms with Crippen molar-refractivity contribution < 1.29 is 5.11 Å². The summed E-state index contributed by atoms with van der Waals surface area (Å²) in [5, 5.41) is 12.9. The van der Waals surface area contributed by atoms with Crippen molar-refractivity contribution in [3.8, 4) is 5.75 Å². The quantitative estimate of drug-likeness (QED) is 0.820. The molecule has 20 heavy (non-hydrogen) atoms. The van der Waals surface area contributed by atoms with Crippen LogP contribution in [0.4, 0.5) is 5.69 Å². The average molecular weight is 269 g/mol. The molecule has 1 atom stereocenters. The molecule has 0 saturated heterocycles. The third kappa shape index (κ3) is 4.02. The molecule has 106 valence electrons. The smallest absolute Gasteiger partial charge is 0.117 e. The molecule has 2 aromatic rings. The highest BCUT2D eigenvalue weighted by Gasteiger charge is 2.06. The first-order valence-corrected chi connectivity index (χ1v) is 7.19. The van der Waals surface area contributed by atoms with Gasteiger partial charge in [-0.25, -0.2) is 0 Å². The molecule has 0 bridgehead atoms. The molecule has 0 aromatic heterocycles. The van der Waals surface area contributed by atoms with Crippen LogP contribution in [0.5, 0.6) is 5.75 Å². The summed E-state index contributed by atoms with van der Waals surface area (Å²) in [6.07, 6.45) is 1.12. The lowest BCUT2D eigenvalue weighted by atomic mass is 10.00. The van der Waals surface area contributed by atoms with Crippen LogP contribution in [0.1, 0.15) is 37.9 Å². The number of nitrogens with one attached hydrogen (secondary N) is 1. The van der Waals surface area contributed by atoms with Gasteiger partial charge in [0.05, 0.1) is 0 Å². The summed E-state index contributed by atoms with van der Waals surface area (Å²) in [6, 6.07) is 16.2. The van der Waals surface area contributed by atoms with E-state index in [0.29, 0.717) is 5.92 Å². The van der Waals surface area contributed by atoms with Gasteiger partial charge in [0.1, 0.15) is 5.75 Å². The monoisotopic (exact) mass is 269 g/mol. The Morgan fingerprint density at radius 3 is 2.30 bits per heavy atom. The minimum absolute atomic E-state index is 0.213. The Hall–Kier alpha value is -1.96. The number of anilines is 1. The molecular weight excluding hydrogens is 246 g/mol. The van der Waals surface area contributed by atoms with E-state index in [1.54, 1.807) is 12.1 Å². The maximum Gasteiger partial charge on any atom is 0.117 e. The Balaban J connectivity index is 2.03. The van der Waals surface area contributed by atoms with Crippen LogP contribution in [0.25, 0.3) is 0 Å². The minimum Gasteiger partial charge on any atom is -0.508 e. The van der Waals surface area contributed by atoms with Gasteiger partial charge >= 0.3 is 0 Å². The first-order chi connectivity index (χ1) is 9.54. The second-order valence-electron chi connectivity index (χ2n) is 5.76. The Morgan fingerprint density at radius 2 is 1.70 bits per heavy atom. The molecule has 0 heterocycles. The number of aromatic hydroxyl groups is 1. The topological polar surface area (TPSA) is 32.3 Å². The lowest BCUT2D eigenvalue weighted by Gasteiger charge is -2.16. The average Bonchev–Trinajstić information content (AvgIpc) is 2.38. The Labute approximate surface area is 121 Å². The van der Waals surface area contributed by atoms with Crippen molar-refractivity contribution in [2.75, 3.05) is 5.32 Å². The highest BCUT2D eigenvalue weighted by atomic mass is 16.3. The third-order valence-electron chi connectivity index (χ3n) is 3.35. The predicted molar refractivity (Wildman–Crippen MR) is 85.1 cm³/mol. The maximum absolute atomic E-state index is 9.48. The largest absolute Gasteiger partial charge is 0.508 e. The lowest BCUT2D eigenvalue weighted by Crippen LogP contribution is -2.06. The van der Waals surface area contributed by atoms with E-state index in [9.17, 15) is 5.11 Å². The molecule has 2 nitrogen and oxygen atoms in total. The van der Waals surface area contributed by atoms with Crippen molar-refractivity contribution >= 4 is 5.69 Å². The minimum atomic E-state index is 0.213. The van der Waals surface area contributed by atoms with Gasteiger partial charge in [-0.3, -0.25) is 0 Å². The SMILES string of the molecule is CC(C)Cc1ccc(C(C)Nc2cccc(O)c2)cc1. The van der Waals surface area contributed by atoms with E-state index in [4.69, 9.17) is 0 Å². The maximum atomic E-state index is 9.48. The number of hydrogen-bond donors (Lipinski definition) is 2. The number of hydrogen-bond acceptors (Lipinski definition) is 2. The van der Waals surface area contributed by atoms with Gasteiger partial charge in [0, 0.05) is 17.8 Å². The first kappa shape index (κ1) is 14.4. The fourth-order valence-electron chi connectivity index (χ4n) is 2.34. The van der Waals surface area contributed by atoms with E-state index in [1.807, 2.05) is 12.1 Å². The highest BCUT2D eigenvalue weighted by molar-refractivity contribution is 5.49. The summed E-state index contributed by atoms with van der Waals surface area (Å²) >= 11 is 0.